The first-order chi connectivity index (χ1) is 22.5. The Morgan fingerprint density at radius 2 is 1.55 bits per heavy atom. The van der Waals surface area contributed by atoms with Crippen LogP contribution in [0, 0.1) is 34.0 Å². The van der Waals surface area contributed by atoms with E-state index in [4.69, 9.17) is 5.73 Å². The molecule has 1 heterocycles. The molecule has 13 nitrogen and oxygen atoms in total. The zero-order chi connectivity index (χ0) is 36.9. The van der Waals surface area contributed by atoms with E-state index in [9.17, 15) is 32.4 Å². The highest BCUT2D eigenvalue weighted by atomic mass is 32.2. The molecule has 6 atom stereocenters. The monoisotopic (exact) mass is 702 g/mol. The average molecular weight is 703 g/mol. The molecule has 0 bridgehead atoms. The van der Waals surface area contributed by atoms with Gasteiger partial charge < -0.3 is 26.6 Å². The molecule has 272 valence electrons. The van der Waals surface area contributed by atoms with E-state index in [1.807, 2.05) is 55.4 Å². The molecule has 5 N–H and O–H groups in total. The van der Waals surface area contributed by atoms with Crippen LogP contribution in [-0.4, -0.2) is 91.5 Å². The van der Waals surface area contributed by atoms with Gasteiger partial charge in [-0.1, -0.05) is 86.4 Å². The molecule has 4 rings (SSSR count). The number of amides is 5. The van der Waals surface area contributed by atoms with Crippen molar-refractivity contribution < 1.29 is 32.4 Å². The lowest BCUT2D eigenvalue weighted by Crippen LogP contribution is -2.62. The third kappa shape index (κ3) is 8.45. The van der Waals surface area contributed by atoms with Crippen molar-refractivity contribution in [3.8, 4) is 0 Å². The number of ketones is 1. The molecular weight excluding hydrogens is 648 g/mol. The summed E-state index contributed by atoms with van der Waals surface area (Å²) >= 11 is 0. The molecule has 1 aliphatic heterocycles. The number of carbonyl (C=O) groups is 5. The van der Waals surface area contributed by atoms with Crippen LogP contribution in [0.1, 0.15) is 74.7 Å². The lowest BCUT2D eigenvalue weighted by Gasteiger charge is -2.39. The first kappa shape index (κ1) is 38.3. The molecule has 0 radical (unpaired) electrons. The van der Waals surface area contributed by atoms with Crippen LogP contribution in [0.15, 0.2) is 35.2 Å². The Morgan fingerprint density at radius 3 is 2.06 bits per heavy atom. The summed E-state index contributed by atoms with van der Waals surface area (Å²) in [5, 5.41) is 8.51. The highest BCUT2D eigenvalue weighted by Crippen LogP contribution is 2.65. The molecule has 1 aromatic carbocycles. The summed E-state index contributed by atoms with van der Waals surface area (Å²) in [6.45, 7) is 15.4. The van der Waals surface area contributed by atoms with Gasteiger partial charge in [0.15, 0.2) is 0 Å². The molecule has 5 amide bonds. The zero-order valence-corrected chi connectivity index (χ0v) is 31.0. The molecule has 1 aromatic rings. The van der Waals surface area contributed by atoms with Gasteiger partial charge in [0.2, 0.25) is 27.6 Å². The Kier molecular flexibility index (Phi) is 10.7. The number of hydrogen-bond donors (Lipinski definition) is 4. The topological polar surface area (TPSA) is 188 Å². The molecule has 0 spiro atoms. The van der Waals surface area contributed by atoms with Crippen molar-refractivity contribution in [1.29, 1.82) is 0 Å². The summed E-state index contributed by atoms with van der Waals surface area (Å²) < 4.78 is 27.7. The molecule has 0 aromatic heterocycles. The number of likely N-dealkylation sites (tertiary alicyclic amines) is 1. The Balaban J connectivity index is 1.52. The van der Waals surface area contributed by atoms with E-state index in [-0.39, 0.29) is 34.6 Å². The van der Waals surface area contributed by atoms with E-state index in [0.717, 1.165) is 12.8 Å². The molecule has 1 saturated heterocycles. The van der Waals surface area contributed by atoms with Crippen molar-refractivity contribution in [1.82, 2.24) is 25.2 Å². The van der Waals surface area contributed by atoms with Gasteiger partial charge in [0.05, 0.1) is 10.9 Å². The number of likely N-dealkylation sites (N-methyl/N-ethyl adjacent to an activating group) is 1. The Bertz CT molecular complexity index is 1560. The first-order valence-corrected chi connectivity index (χ1v) is 18.4. The third-order valence-electron chi connectivity index (χ3n) is 10.5. The Hall–Kier alpha value is -3.52. The molecular formula is C35H54N6O7S. The summed E-state index contributed by atoms with van der Waals surface area (Å²) in [4.78, 5) is 68.0. The predicted octanol–water partition coefficient (Wildman–Crippen LogP) is 2.26. The van der Waals surface area contributed by atoms with E-state index in [1.54, 1.807) is 18.2 Å². The van der Waals surface area contributed by atoms with Crippen molar-refractivity contribution in [3.63, 3.8) is 0 Å². The van der Waals surface area contributed by atoms with E-state index in [2.05, 4.69) is 16.0 Å². The number of benzene rings is 1. The number of rotatable bonds is 13. The smallest absolute Gasteiger partial charge is 0.315 e. The molecule has 2 saturated carbocycles. The minimum absolute atomic E-state index is 0.0266. The van der Waals surface area contributed by atoms with Gasteiger partial charge in [0, 0.05) is 26.2 Å². The maximum atomic E-state index is 14.4. The van der Waals surface area contributed by atoms with Gasteiger partial charge in [-0.05, 0) is 52.6 Å². The van der Waals surface area contributed by atoms with E-state index < -0.39 is 74.6 Å². The van der Waals surface area contributed by atoms with Gasteiger partial charge in [0.25, 0.3) is 5.91 Å². The molecule has 3 aliphatic rings. The van der Waals surface area contributed by atoms with Gasteiger partial charge in [-0.25, -0.2) is 13.2 Å². The third-order valence-corrected chi connectivity index (χ3v) is 12.4. The van der Waals surface area contributed by atoms with Crippen LogP contribution in [0.25, 0.3) is 0 Å². The van der Waals surface area contributed by atoms with Crippen LogP contribution in [-0.2, 0) is 29.2 Å². The number of urea groups is 1. The van der Waals surface area contributed by atoms with E-state index >= 15 is 0 Å². The highest BCUT2D eigenvalue weighted by Gasteiger charge is 2.70. The second-order valence-corrected chi connectivity index (χ2v) is 18.8. The van der Waals surface area contributed by atoms with Gasteiger partial charge in [-0.2, -0.15) is 4.31 Å². The van der Waals surface area contributed by atoms with Gasteiger partial charge in [0.1, 0.15) is 12.1 Å². The van der Waals surface area contributed by atoms with Crippen molar-refractivity contribution in [3.05, 3.63) is 30.3 Å². The van der Waals surface area contributed by atoms with E-state index in [1.165, 1.54) is 28.4 Å². The zero-order valence-electron chi connectivity index (χ0n) is 30.2. The number of nitrogens with zero attached hydrogens (tertiary/aromatic N) is 2. The number of nitrogens with one attached hydrogen (secondary N) is 3. The number of hydrogen-bond acceptors (Lipinski definition) is 7. The maximum absolute atomic E-state index is 14.4. The van der Waals surface area contributed by atoms with Crippen LogP contribution >= 0.6 is 0 Å². The molecule has 2 aliphatic carbocycles. The summed E-state index contributed by atoms with van der Waals surface area (Å²) in [5.74, 6) is -2.82. The first-order valence-electron chi connectivity index (χ1n) is 17.0. The largest absolute Gasteiger partial charge is 0.363 e. The number of fused-ring (bicyclic) bond motifs is 1. The fourth-order valence-corrected chi connectivity index (χ4v) is 8.18. The number of nitrogens with two attached hydrogens (primary N) is 1. The van der Waals surface area contributed by atoms with Crippen molar-refractivity contribution >= 4 is 39.6 Å². The molecule has 3 fully saturated rings. The standard InChI is InChI=1S/C35H54N6O7S/c1-33(2,3)24(19-40(9)49(47,48)21-13-11-10-12-14-21)38-32(46)39-28(34(4,5)6)31(45)41-18-22-25(35(22,7)8)26(41)30(44)37-23(17-20-15-16-20)27(42)29(36)43/h10-14,20,22-26,28H,15-19H2,1-9H3,(H2,36,43)(H,37,44)(H2,38,39,46)/t22-,23?,24+,25-,26-,28+/m0/s1. The summed E-state index contributed by atoms with van der Waals surface area (Å²) in [6.07, 6.45) is 2.12. The fraction of sp³-hybridized carbons (Fsp3) is 0.686. The number of primary amides is 1. The Labute approximate surface area is 290 Å². The van der Waals surface area contributed by atoms with Crippen LogP contribution in [0.5, 0.6) is 0 Å². The average Bonchev–Trinajstić information content (AvgIpc) is 3.85. The minimum atomic E-state index is -3.83. The summed E-state index contributed by atoms with van der Waals surface area (Å²) in [5.41, 5.74) is 3.74. The maximum Gasteiger partial charge on any atom is 0.315 e. The minimum Gasteiger partial charge on any atom is -0.363 e. The molecule has 14 heteroatoms. The van der Waals surface area contributed by atoms with Crippen LogP contribution < -0.4 is 21.7 Å². The SMILES string of the molecule is CN(C[C@@H](NC(=O)N[C@H](C(=O)N1C[C@H]2[C@@H]([C@H]1C(=O)NC(CC1CC1)C(=O)C(N)=O)C2(C)C)C(C)(C)C)C(C)(C)C)S(=O)(=O)c1ccccc1. The normalized spacial score (nSPS) is 23.6. The highest BCUT2D eigenvalue weighted by molar-refractivity contribution is 7.89. The number of Topliss-reactive ketones (excluding diaryl/α,β-unsaturated/α-hetero) is 1. The van der Waals surface area contributed by atoms with Crippen molar-refractivity contribution in [2.45, 2.75) is 104 Å². The van der Waals surface area contributed by atoms with Gasteiger partial charge >= 0.3 is 6.03 Å². The predicted molar refractivity (Wildman–Crippen MR) is 184 cm³/mol. The fourth-order valence-electron chi connectivity index (χ4n) is 6.97. The lowest BCUT2D eigenvalue weighted by atomic mass is 9.85. The van der Waals surface area contributed by atoms with Crippen LogP contribution in [0.3, 0.4) is 0 Å². The van der Waals surface area contributed by atoms with Gasteiger partial charge in [-0.3, -0.25) is 19.2 Å². The lowest BCUT2D eigenvalue weighted by molar-refractivity contribution is -0.145. The van der Waals surface area contributed by atoms with Crippen molar-refractivity contribution in [2.75, 3.05) is 20.1 Å². The van der Waals surface area contributed by atoms with Gasteiger partial charge in [-0.15, -0.1) is 0 Å². The van der Waals surface area contributed by atoms with Crippen molar-refractivity contribution in [2.24, 2.45) is 39.7 Å². The quantitative estimate of drug-likeness (QED) is 0.227. The second kappa shape index (κ2) is 13.7. The summed E-state index contributed by atoms with van der Waals surface area (Å²) in [6, 6.07) is 3.73. The molecule has 49 heavy (non-hydrogen) atoms. The molecule has 1 unspecified atom stereocenters. The number of carbonyl (C=O) groups excluding carboxylic acids is 5. The number of piperidine rings is 1. The Morgan fingerprint density at radius 1 is 0.959 bits per heavy atom. The number of sulfonamides is 1. The van der Waals surface area contributed by atoms with E-state index in [0.29, 0.717) is 13.0 Å². The van der Waals surface area contributed by atoms with Crippen LogP contribution in [0.4, 0.5) is 4.79 Å². The summed E-state index contributed by atoms with van der Waals surface area (Å²) in [7, 11) is -2.37. The second-order valence-electron chi connectivity index (χ2n) is 16.8. The van der Waals surface area contributed by atoms with Crippen LogP contribution in [0.2, 0.25) is 0 Å².